The van der Waals surface area contributed by atoms with Gasteiger partial charge in [0.15, 0.2) is 9.84 Å². The quantitative estimate of drug-likeness (QED) is 0.817. The lowest BCUT2D eigenvalue weighted by Gasteiger charge is -2.06. The smallest absolute Gasteiger partial charge is 0.202 e. The second-order valence-corrected chi connectivity index (χ2v) is 6.41. The summed E-state index contributed by atoms with van der Waals surface area (Å²) in [5.41, 5.74) is 0. The average Bonchev–Trinajstić information content (AvgIpc) is 2.70. The molecule has 2 rings (SSSR count). The molecule has 0 radical (unpaired) electrons. The Bertz CT molecular complexity index is 387. The molecule has 0 saturated carbocycles. The zero-order chi connectivity index (χ0) is 10.0. The predicted molar refractivity (Wildman–Crippen MR) is 55.2 cm³/mol. The number of rotatable bonds is 3. The van der Waals surface area contributed by atoms with Crippen molar-refractivity contribution in [1.29, 1.82) is 0 Å². The van der Waals surface area contributed by atoms with Crippen LogP contribution in [0.25, 0.3) is 0 Å². The van der Waals surface area contributed by atoms with Crippen LogP contribution < -0.4 is 5.32 Å². The lowest BCUT2D eigenvalue weighted by atomic mass is 10.1. The molecule has 0 spiro atoms. The van der Waals surface area contributed by atoms with Gasteiger partial charge in [0.1, 0.15) is 6.33 Å². The van der Waals surface area contributed by atoms with Gasteiger partial charge in [-0.1, -0.05) is 0 Å². The average molecular weight is 233 g/mol. The highest BCUT2D eigenvalue weighted by Crippen LogP contribution is 2.19. The predicted octanol–water partition coefficient (Wildman–Crippen LogP) is 0.385. The molecule has 0 aliphatic carbocycles. The Kier molecular flexibility index (Phi) is 2.69. The van der Waals surface area contributed by atoms with Crippen molar-refractivity contribution < 1.29 is 8.42 Å². The van der Waals surface area contributed by atoms with Crippen molar-refractivity contribution in [2.45, 2.75) is 6.42 Å². The highest BCUT2D eigenvalue weighted by molar-refractivity contribution is 7.91. The second kappa shape index (κ2) is 3.82. The van der Waals surface area contributed by atoms with Crippen molar-refractivity contribution in [1.82, 2.24) is 9.36 Å². The summed E-state index contributed by atoms with van der Waals surface area (Å²) in [5, 5.41) is 3.84. The van der Waals surface area contributed by atoms with E-state index in [-0.39, 0.29) is 5.92 Å². The molecule has 78 valence electrons. The van der Waals surface area contributed by atoms with Gasteiger partial charge in [-0.15, -0.1) is 0 Å². The maximum atomic E-state index is 11.1. The van der Waals surface area contributed by atoms with Crippen LogP contribution in [0.15, 0.2) is 6.33 Å². The minimum atomic E-state index is -2.76. The van der Waals surface area contributed by atoms with Crippen LogP contribution in [0, 0.1) is 5.92 Å². The summed E-state index contributed by atoms with van der Waals surface area (Å²) in [6.45, 7) is 0.675. The zero-order valence-corrected chi connectivity index (χ0v) is 9.14. The standard InChI is InChI=1S/C7H11N3O2S2/c11-14(12)2-1-6(4-14)3-8-7-9-5-10-13-7/h5-6H,1-4H2,(H,8,9,10). The number of anilines is 1. The van der Waals surface area contributed by atoms with E-state index in [0.717, 1.165) is 11.6 Å². The van der Waals surface area contributed by atoms with Crippen LogP contribution in [0.4, 0.5) is 5.13 Å². The topological polar surface area (TPSA) is 72.0 Å². The summed E-state index contributed by atoms with van der Waals surface area (Å²) in [6, 6.07) is 0. The van der Waals surface area contributed by atoms with Crippen LogP contribution >= 0.6 is 11.5 Å². The van der Waals surface area contributed by atoms with E-state index >= 15 is 0 Å². The number of hydrogen-bond donors (Lipinski definition) is 1. The molecule has 0 amide bonds. The van der Waals surface area contributed by atoms with E-state index in [1.807, 2.05) is 0 Å². The third-order valence-electron chi connectivity index (χ3n) is 2.23. The molecule has 1 unspecified atom stereocenters. The third kappa shape index (κ3) is 2.42. The third-order valence-corrected chi connectivity index (χ3v) is 4.69. The van der Waals surface area contributed by atoms with Gasteiger partial charge in [0.2, 0.25) is 5.13 Å². The highest BCUT2D eigenvalue weighted by Gasteiger charge is 2.27. The first-order valence-corrected chi connectivity index (χ1v) is 6.96. The molecule has 0 aromatic carbocycles. The maximum absolute atomic E-state index is 11.1. The Hall–Kier alpha value is -0.690. The van der Waals surface area contributed by atoms with E-state index in [9.17, 15) is 8.42 Å². The summed E-state index contributed by atoms with van der Waals surface area (Å²) < 4.78 is 26.1. The molecule has 1 N–H and O–H groups in total. The minimum absolute atomic E-state index is 0.226. The number of nitrogens with zero attached hydrogens (tertiary/aromatic N) is 2. The number of hydrogen-bond acceptors (Lipinski definition) is 6. The molecule has 14 heavy (non-hydrogen) atoms. The van der Waals surface area contributed by atoms with Gasteiger partial charge >= 0.3 is 0 Å². The Balaban J connectivity index is 1.83. The van der Waals surface area contributed by atoms with E-state index in [1.165, 1.54) is 17.9 Å². The van der Waals surface area contributed by atoms with Gasteiger partial charge in [-0.3, -0.25) is 0 Å². The van der Waals surface area contributed by atoms with Crippen LogP contribution in [-0.2, 0) is 9.84 Å². The molecule has 1 fully saturated rings. The fraction of sp³-hybridized carbons (Fsp3) is 0.714. The van der Waals surface area contributed by atoms with Crippen LogP contribution in [0.3, 0.4) is 0 Å². The van der Waals surface area contributed by atoms with Crippen LogP contribution in [0.2, 0.25) is 0 Å². The monoisotopic (exact) mass is 233 g/mol. The Morgan fingerprint density at radius 1 is 1.64 bits per heavy atom. The molecular formula is C7H11N3O2S2. The molecule has 0 bridgehead atoms. The number of nitrogens with one attached hydrogen (secondary N) is 1. The molecule has 1 saturated heterocycles. The maximum Gasteiger partial charge on any atom is 0.202 e. The molecule has 1 atom stereocenters. The Morgan fingerprint density at radius 2 is 2.50 bits per heavy atom. The molecule has 2 heterocycles. The highest BCUT2D eigenvalue weighted by atomic mass is 32.2. The molecule has 1 aromatic rings. The summed E-state index contributed by atoms with van der Waals surface area (Å²) in [6.07, 6.45) is 2.24. The number of sulfone groups is 1. The fourth-order valence-electron chi connectivity index (χ4n) is 1.52. The normalized spacial score (nSPS) is 25.0. The second-order valence-electron chi connectivity index (χ2n) is 3.40. The van der Waals surface area contributed by atoms with Gasteiger partial charge in [0.25, 0.3) is 0 Å². The van der Waals surface area contributed by atoms with Crippen molar-refractivity contribution in [2.24, 2.45) is 5.92 Å². The first kappa shape index (κ1) is 9.85. The van der Waals surface area contributed by atoms with Gasteiger partial charge in [-0.05, 0) is 12.3 Å². The Labute approximate surface area is 86.6 Å². The van der Waals surface area contributed by atoms with Crippen molar-refractivity contribution in [3.8, 4) is 0 Å². The van der Waals surface area contributed by atoms with E-state index < -0.39 is 9.84 Å². The molecule has 1 aliphatic heterocycles. The number of aromatic nitrogens is 2. The molecule has 1 aliphatic rings. The van der Waals surface area contributed by atoms with Gasteiger partial charge in [-0.25, -0.2) is 13.4 Å². The summed E-state index contributed by atoms with van der Waals surface area (Å²) >= 11 is 1.28. The summed E-state index contributed by atoms with van der Waals surface area (Å²) in [7, 11) is -2.76. The zero-order valence-electron chi connectivity index (χ0n) is 7.51. The van der Waals surface area contributed by atoms with Gasteiger partial charge in [0.05, 0.1) is 11.5 Å². The van der Waals surface area contributed by atoms with Gasteiger partial charge < -0.3 is 5.32 Å². The van der Waals surface area contributed by atoms with E-state index in [0.29, 0.717) is 18.1 Å². The molecule has 7 heteroatoms. The first-order valence-electron chi connectivity index (χ1n) is 4.37. The van der Waals surface area contributed by atoms with Gasteiger partial charge in [0, 0.05) is 18.1 Å². The van der Waals surface area contributed by atoms with Crippen molar-refractivity contribution in [3.63, 3.8) is 0 Å². The largest absolute Gasteiger partial charge is 0.360 e. The van der Waals surface area contributed by atoms with Crippen molar-refractivity contribution >= 4 is 26.5 Å². The lowest BCUT2D eigenvalue weighted by Crippen LogP contribution is -2.15. The van der Waals surface area contributed by atoms with Crippen molar-refractivity contribution in [3.05, 3.63) is 6.33 Å². The van der Waals surface area contributed by atoms with E-state index in [1.54, 1.807) is 0 Å². The minimum Gasteiger partial charge on any atom is -0.360 e. The van der Waals surface area contributed by atoms with Gasteiger partial charge in [-0.2, -0.15) is 4.37 Å². The van der Waals surface area contributed by atoms with Crippen LogP contribution in [0.5, 0.6) is 0 Å². The molecule has 1 aromatic heterocycles. The van der Waals surface area contributed by atoms with E-state index in [2.05, 4.69) is 14.7 Å². The van der Waals surface area contributed by atoms with Crippen LogP contribution in [0.1, 0.15) is 6.42 Å². The summed E-state index contributed by atoms with van der Waals surface area (Å²) in [5.74, 6) is 0.859. The fourth-order valence-corrected chi connectivity index (χ4v) is 3.81. The SMILES string of the molecule is O=S1(=O)CCC(CNc2ncns2)C1. The lowest BCUT2D eigenvalue weighted by molar-refractivity contribution is 0.596. The van der Waals surface area contributed by atoms with Crippen LogP contribution in [-0.4, -0.2) is 35.8 Å². The van der Waals surface area contributed by atoms with Crippen molar-refractivity contribution in [2.75, 3.05) is 23.4 Å². The Morgan fingerprint density at radius 3 is 3.07 bits per heavy atom. The van der Waals surface area contributed by atoms with E-state index in [4.69, 9.17) is 0 Å². The first-order chi connectivity index (χ1) is 6.66. The molecule has 5 nitrogen and oxygen atoms in total. The molecular weight excluding hydrogens is 222 g/mol. The summed E-state index contributed by atoms with van der Waals surface area (Å²) in [4.78, 5) is 3.96.